The lowest BCUT2D eigenvalue weighted by Crippen LogP contribution is -2.60. The van der Waals surface area contributed by atoms with Crippen LogP contribution in [0.3, 0.4) is 0 Å². The maximum Gasteiger partial charge on any atom is 0.305 e. The fourth-order valence-corrected chi connectivity index (χ4v) is 12.4. The van der Waals surface area contributed by atoms with Gasteiger partial charge in [-0.3, -0.25) is 47.9 Å². The van der Waals surface area contributed by atoms with E-state index in [-0.39, 0.29) is 93.3 Å². The Kier molecular flexibility index (Phi) is 27.9. The van der Waals surface area contributed by atoms with Gasteiger partial charge in [-0.05, 0) is 87.5 Å². The minimum absolute atomic E-state index is 0.0180. The maximum atomic E-state index is 14.9. The Bertz CT molecular complexity index is 2360. The summed E-state index contributed by atoms with van der Waals surface area (Å²) in [7, 11) is 1.38. The van der Waals surface area contributed by atoms with E-state index in [1.807, 2.05) is 71.9 Å². The van der Waals surface area contributed by atoms with Gasteiger partial charge < -0.3 is 56.4 Å². The van der Waals surface area contributed by atoms with Crippen molar-refractivity contribution < 1.29 is 58.2 Å². The molecule has 0 unspecified atom stereocenters. The van der Waals surface area contributed by atoms with Crippen LogP contribution in [0.2, 0.25) is 0 Å². The van der Waals surface area contributed by atoms with Gasteiger partial charge >= 0.3 is 5.97 Å². The average molecular weight is 1180 g/mol. The third-order valence-corrected chi connectivity index (χ3v) is 16.9. The van der Waals surface area contributed by atoms with E-state index < -0.39 is 102 Å². The first kappa shape index (κ1) is 68.7. The lowest BCUT2D eigenvalue weighted by molar-refractivity contribution is -0.150. The highest BCUT2D eigenvalue weighted by molar-refractivity contribution is 5.99. The zero-order valence-corrected chi connectivity index (χ0v) is 51.5. The normalized spacial score (nSPS) is 21.2. The van der Waals surface area contributed by atoms with E-state index in [4.69, 9.17) is 0 Å². The number of piperidine rings is 1. The number of aliphatic hydroxyl groups is 1. The van der Waals surface area contributed by atoms with Gasteiger partial charge in [0.05, 0.1) is 18.4 Å². The summed E-state index contributed by atoms with van der Waals surface area (Å²) in [5.74, 6) is -7.22. The molecule has 21 nitrogen and oxygen atoms in total. The molecule has 1 aromatic rings. The molecule has 5 rings (SSSR count). The van der Waals surface area contributed by atoms with Crippen molar-refractivity contribution in [1.82, 2.24) is 46.2 Å². The molecular weight excluding hydrogens is 1070 g/mol. The summed E-state index contributed by atoms with van der Waals surface area (Å²) in [5.41, 5.74) is 0.766. The van der Waals surface area contributed by atoms with Crippen LogP contribution in [0.25, 0.3) is 0 Å². The van der Waals surface area contributed by atoms with Crippen LogP contribution in [0.4, 0.5) is 0 Å². The summed E-state index contributed by atoms with van der Waals surface area (Å²) in [6.07, 6.45) is 11.7. The highest BCUT2D eigenvalue weighted by Crippen LogP contribution is 2.27. The van der Waals surface area contributed by atoms with Gasteiger partial charge in [0, 0.05) is 58.5 Å². The number of rotatable bonds is 30. The average Bonchev–Trinajstić information content (AvgIpc) is 3.02. The van der Waals surface area contributed by atoms with Crippen molar-refractivity contribution in [3.63, 3.8) is 0 Å². The van der Waals surface area contributed by atoms with Crippen LogP contribution in [-0.2, 0) is 54.4 Å². The van der Waals surface area contributed by atoms with Gasteiger partial charge in [0.25, 0.3) is 0 Å². The number of likely N-dealkylation sites (N-methyl/N-ethyl adjacent to an activating group) is 1. The number of benzene rings is 1. The second-order valence-corrected chi connectivity index (χ2v) is 25.5. The minimum Gasteiger partial charge on any atom is -0.481 e. The molecule has 84 heavy (non-hydrogen) atoms. The lowest BCUT2D eigenvalue weighted by atomic mass is 9.95. The number of unbranched alkanes of at least 4 members (excludes halogenated alkanes) is 4. The fourth-order valence-electron chi connectivity index (χ4n) is 12.4. The fraction of sp³-hybridized carbons (Fsp3) is 0.746. The van der Waals surface area contributed by atoms with Crippen molar-refractivity contribution in [1.29, 1.82) is 0 Å². The van der Waals surface area contributed by atoms with Crippen molar-refractivity contribution in [3.05, 3.63) is 35.9 Å². The summed E-state index contributed by atoms with van der Waals surface area (Å²) < 4.78 is 0. The van der Waals surface area contributed by atoms with Gasteiger partial charge in [-0.1, -0.05) is 130 Å². The molecule has 3 aliphatic heterocycles. The minimum atomic E-state index is -1.57. The van der Waals surface area contributed by atoms with E-state index in [9.17, 15) is 58.2 Å². The van der Waals surface area contributed by atoms with Crippen LogP contribution in [0, 0.1) is 23.7 Å². The number of nitrogens with zero attached hydrogens (tertiary/aromatic N) is 4. The zero-order chi connectivity index (χ0) is 61.6. The quantitative estimate of drug-likeness (QED) is 0.0396. The number of likely N-dealkylation sites (tertiary alicyclic amines) is 3. The highest BCUT2D eigenvalue weighted by atomic mass is 16.4. The molecule has 1 saturated carbocycles. The Hall–Kier alpha value is -6.12. The molecule has 1 aromatic carbocycles. The Morgan fingerprint density at radius 1 is 0.607 bits per heavy atom. The molecule has 7 N–H and O–H groups in total. The van der Waals surface area contributed by atoms with E-state index in [0.29, 0.717) is 38.6 Å². The van der Waals surface area contributed by atoms with Gasteiger partial charge in [0.1, 0.15) is 42.3 Å². The van der Waals surface area contributed by atoms with Gasteiger partial charge in [-0.2, -0.15) is 0 Å². The van der Waals surface area contributed by atoms with Crippen molar-refractivity contribution in [3.8, 4) is 0 Å². The number of nitrogens with one attached hydrogen (secondary N) is 5. The number of hydrogen-bond acceptors (Lipinski definition) is 11. The summed E-state index contributed by atoms with van der Waals surface area (Å²) in [4.78, 5) is 146. The van der Waals surface area contributed by atoms with Crippen LogP contribution in [-0.4, -0.2) is 177 Å². The van der Waals surface area contributed by atoms with Crippen LogP contribution < -0.4 is 26.6 Å². The molecule has 470 valence electrons. The van der Waals surface area contributed by atoms with Gasteiger partial charge in [0.15, 0.2) is 0 Å². The number of β-amino-alcohol motifs (C(OH)–C–C–N with tert-alkyl or cyclic N) is 1. The summed E-state index contributed by atoms with van der Waals surface area (Å²) in [5, 5.41) is 35.6. The number of hydrogen-bond donors (Lipinski definition) is 7. The monoisotopic (exact) mass is 1180 g/mol. The number of amides is 9. The molecule has 9 atom stereocenters. The standard InChI is InChI=1S/C63H101N9O12/c1-9-10-11-12-20-29-54(74)70-30-21-25-44(38-70)56(77)65-48(35-43-23-16-15-17-24-43)58(79)66-47(32-40(2)3)57(78)67-49(33-41(4)5)62(83)72-39-46(73)36-53(72)63(84)69(8)52(34-42(6)7)60(81)68-50(37-55(75)76)61(82)71-31-22-28-51(71)59(80)64-45-26-18-13-14-19-27-45/h15-17,23-24,40-42,44-53,73H,9-14,18-22,25-39H2,1-8H3,(H,64,80)(H,65,77)(H,66,79)(H,67,78)(H,68,81)(H,75,76)/t44-,46+,47+,48-,49-,50-,51-,52-,53-/m0/s1. The third-order valence-electron chi connectivity index (χ3n) is 16.9. The molecular formula is C63H101N9O12. The van der Waals surface area contributed by atoms with Crippen LogP contribution in [0.5, 0.6) is 0 Å². The Balaban J connectivity index is 1.31. The van der Waals surface area contributed by atoms with Crippen molar-refractivity contribution in [2.45, 2.75) is 244 Å². The SMILES string of the molecule is CCCCCCCC(=O)N1CCC[C@H](C(=O)N[C@@H](Cc2ccccc2)C(=O)N[C@H](CC(C)C)C(=O)N[C@@H](CC(C)C)C(=O)N2C[C@H](O)C[C@H]2C(=O)N(C)[C@@H](CC(C)C)C(=O)N[C@@H](CC(=O)O)C(=O)N2CCC[C@H]2C(=O)NC2CCCCCC2)C1. The van der Waals surface area contributed by atoms with Crippen LogP contribution in [0.15, 0.2) is 30.3 Å². The number of carbonyl (C=O) groups is 10. The largest absolute Gasteiger partial charge is 0.481 e. The van der Waals surface area contributed by atoms with Gasteiger partial charge in [-0.25, -0.2) is 0 Å². The molecule has 0 radical (unpaired) electrons. The van der Waals surface area contributed by atoms with E-state index >= 15 is 0 Å². The van der Waals surface area contributed by atoms with Gasteiger partial charge in [-0.15, -0.1) is 0 Å². The van der Waals surface area contributed by atoms with Crippen LogP contribution in [0.1, 0.15) is 189 Å². The van der Waals surface area contributed by atoms with E-state index in [1.54, 1.807) is 4.90 Å². The first-order valence-corrected chi connectivity index (χ1v) is 31.6. The van der Waals surface area contributed by atoms with Crippen LogP contribution >= 0.6 is 0 Å². The maximum absolute atomic E-state index is 14.9. The number of carboxylic acid groups (broad SMARTS) is 1. The van der Waals surface area contributed by atoms with E-state index in [1.165, 1.54) is 16.8 Å². The number of carbonyl (C=O) groups excluding carboxylic acids is 9. The summed E-state index contributed by atoms with van der Waals surface area (Å²) >= 11 is 0. The number of aliphatic carboxylic acids is 1. The topological polar surface area (TPSA) is 284 Å². The van der Waals surface area contributed by atoms with Gasteiger partial charge in [0.2, 0.25) is 53.2 Å². The molecule has 3 heterocycles. The molecule has 4 fully saturated rings. The first-order valence-electron chi connectivity index (χ1n) is 31.6. The van der Waals surface area contributed by atoms with E-state index in [0.717, 1.165) is 81.1 Å². The molecule has 9 amide bonds. The molecule has 3 saturated heterocycles. The lowest BCUT2D eigenvalue weighted by Gasteiger charge is -2.36. The Labute approximate surface area is 498 Å². The predicted octanol–water partition coefficient (Wildman–Crippen LogP) is 5.00. The van der Waals surface area contributed by atoms with E-state index in [2.05, 4.69) is 33.5 Å². The molecule has 1 aliphatic carbocycles. The van der Waals surface area contributed by atoms with Crippen molar-refractivity contribution in [2.24, 2.45) is 23.7 Å². The molecule has 0 spiro atoms. The summed E-state index contributed by atoms with van der Waals surface area (Å²) in [6.45, 7) is 14.0. The van der Waals surface area contributed by atoms with Crippen molar-refractivity contribution in [2.75, 3.05) is 33.2 Å². The highest BCUT2D eigenvalue weighted by Gasteiger charge is 2.46. The Morgan fingerprint density at radius 2 is 1.20 bits per heavy atom. The smallest absolute Gasteiger partial charge is 0.305 e. The second kappa shape index (κ2) is 34.1. The molecule has 0 bridgehead atoms. The Morgan fingerprint density at radius 3 is 1.85 bits per heavy atom. The molecule has 0 aromatic heterocycles. The third kappa shape index (κ3) is 21.1. The second-order valence-electron chi connectivity index (χ2n) is 25.5. The molecule has 4 aliphatic rings. The number of aliphatic hydroxyl groups excluding tert-OH is 1. The number of carboxylic acids is 1. The molecule has 21 heteroatoms. The zero-order valence-electron chi connectivity index (χ0n) is 51.5. The summed E-state index contributed by atoms with van der Waals surface area (Å²) in [6, 6.07) is 0.683. The van der Waals surface area contributed by atoms with Crippen molar-refractivity contribution >= 4 is 59.1 Å². The predicted molar refractivity (Wildman–Crippen MR) is 318 cm³/mol. The first-order chi connectivity index (χ1) is 40.0.